The molecule has 2 unspecified atom stereocenters. The van der Waals surface area contributed by atoms with Gasteiger partial charge in [-0.05, 0) is 20.8 Å². The first kappa shape index (κ1) is 13.5. The quantitative estimate of drug-likeness (QED) is 0.721. The summed E-state index contributed by atoms with van der Waals surface area (Å²) < 4.78 is 1.98. The highest BCUT2D eigenvalue weighted by atomic mass is 16.3. The summed E-state index contributed by atoms with van der Waals surface area (Å²) in [4.78, 5) is 0. The van der Waals surface area contributed by atoms with E-state index in [9.17, 15) is 5.11 Å². The van der Waals surface area contributed by atoms with Crippen molar-refractivity contribution >= 4 is 0 Å². The summed E-state index contributed by atoms with van der Waals surface area (Å²) in [7, 11) is 0. The summed E-state index contributed by atoms with van der Waals surface area (Å²) in [5.74, 6) is 0.322. The van der Waals surface area contributed by atoms with Gasteiger partial charge in [0.2, 0.25) is 0 Å². The zero-order valence-electron chi connectivity index (χ0n) is 11.5. The molecule has 0 aliphatic carbocycles. The number of nitrogens with one attached hydrogen (secondary N) is 2. The monoisotopic (exact) mass is 252 g/mol. The fourth-order valence-electron chi connectivity index (χ4n) is 2.15. The number of hydrogen-bond acceptors (Lipinski definition) is 4. The van der Waals surface area contributed by atoms with Crippen LogP contribution in [0.1, 0.15) is 26.3 Å². The molecule has 2 heterocycles. The first-order valence-electron chi connectivity index (χ1n) is 6.60. The molecular weight excluding hydrogens is 228 g/mol. The number of hydrogen-bond donors (Lipinski definition) is 3. The fourth-order valence-corrected chi connectivity index (χ4v) is 2.15. The lowest BCUT2D eigenvalue weighted by molar-refractivity contribution is 0.146. The van der Waals surface area contributed by atoms with Crippen LogP contribution in [0.5, 0.6) is 0 Å². The van der Waals surface area contributed by atoms with E-state index in [-0.39, 0.29) is 11.6 Å². The third-order valence-electron chi connectivity index (χ3n) is 3.36. The molecule has 5 heteroatoms. The topological polar surface area (TPSA) is 62.1 Å². The van der Waals surface area contributed by atoms with Crippen molar-refractivity contribution in [2.45, 2.75) is 39.0 Å². The summed E-state index contributed by atoms with van der Waals surface area (Å²) in [6.45, 7) is 9.67. The molecule has 2 rings (SSSR count). The maximum Gasteiger partial charge on any atom is 0.0716 e. The lowest BCUT2D eigenvalue weighted by atomic mass is 10.1. The van der Waals surface area contributed by atoms with Crippen LogP contribution in [0.15, 0.2) is 12.4 Å². The van der Waals surface area contributed by atoms with Gasteiger partial charge in [-0.2, -0.15) is 5.10 Å². The van der Waals surface area contributed by atoms with Crippen molar-refractivity contribution < 1.29 is 5.11 Å². The molecular formula is C13H24N4O. The molecule has 0 radical (unpaired) electrons. The van der Waals surface area contributed by atoms with Gasteiger partial charge in [0, 0.05) is 43.9 Å². The fraction of sp³-hybridized carbons (Fsp3) is 0.769. The second-order valence-corrected chi connectivity index (χ2v) is 6.08. The summed E-state index contributed by atoms with van der Waals surface area (Å²) in [5.41, 5.74) is 1.22. The van der Waals surface area contributed by atoms with Gasteiger partial charge in [-0.1, -0.05) is 0 Å². The van der Waals surface area contributed by atoms with Crippen LogP contribution in [0.25, 0.3) is 0 Å². The lowest BCUT2D eigenvalue weighted by Crippen LogP contribution is -2.30. The maximum atomic E-state index is 9.68. The molecule has 1 fully saturated rings. The van der Waals surface area contributed by atoms with Gasteiger partial charge in [0.05, 0.1) is 17.8 Å². The van der Waals surface area contributed by atoms with Crippen molar-refractivity contribution in [2.24, 2.45) is 5.92 Å². The molecule has 0 aromatic carbocycles. The third kappa shape index (κ3) is 3.31. The van der Waals surface area contributed by atoms with Crippen LogP contribution in [0, 0.1) is 5.92 Å². The predicted octanol–water partition coefficient (Wildman–Crippen LogP) is 0.308. The highest BCUT2D eigenvalue weighted by molar-refractivity contribution is 5.05. The van der Waals surface area contributed by atoms with Gasteiger partial charge in [-0.3, -0.25) is 4.68 Å². The number of β-amino-alcohol motifs (C(OH)–C–C–N with tert-alkyl or cyclic N) is 1. The van der Waals surface area contributed by atoms with Crippen molar-refractivity contribution in [1.82, 2.24) is 20.4 Å². The number of aliphatic hydroxyl groups excluding tert-OH is 1. The first-order valence-corrected chi connectivity index (χ1v) is 6.60. The number of rotatable bonds is 4. The van der Waals surface area contributed by atoms with Gasteiger partial charge in [-0.15, -0.1) is 0 Å². The molecule has 1 aliphatic heterocycles. The molecule has 1 aromatic rings. The van der Waals surface area contributed by atoms with Gasteiger partial charge in [0.1, 0.15) is 0 Å². The Morgan fingerprint density at radius 1 is 1.50 bits per heavy atom. The molecule has 0 spiro atoms. The van der Waals surface area contributed by atoms with Crippen molar-refractivity contribution in [3.05, 3.63) is 18.0 Å². The van der Waals surface area contributed by atoms with Crippen molar-refractivity contribution in [1.29, 1.82) is 0 Å². The van der Waals surface area contributed by atoms with Gasteiger partial charge in [0.15, 0.2) is 0 Å². The molecule has 0 amide bonds. The standard InChI is InChI=1S/C13H24N4O/c1-13(2,3)17-9-10(5-16-17)4-14-6-11-7-15-8-12(11)18/h5,9,11-12,14-15,18H,4,6-8H2,1-3H3. The average molecular weight is 252 g/mol. The van der Waals surface area contributed by atoms with Gasteiger partial charge in [0.25, 0.3) is 0 Å². The number of aromatic nitrogens is 2. The van der Waals surface area contributed by atoms with E-state index in [4.69, 9.17) is 0 Å². The lowest BCUT2D eigenvalue weighted by Gasteiger charge is -2.18. The molecule has 102 valence electrons. The van der Waals surface area contributed by atoms with Crippen LogP contribution >= 0.6 is 0 Å². The Hall–Kier alpha value is -0.910. The number of nitrogens with zero attached hydrogens (tertiary/aromatic N) is 2. The van der Waals surface area contributed by atoms with Gasteiger partial charge >= 0.3 is 0 Å². The minimum Gasteiger partial charge on any atom is -0.391 e. The Morgan fingerprint density at radius 2 is 2.28 bits per heavy atom. The Bertz CT molecular complexity index is 383. The van der Waals surface area contributed by atoms with Crippen LogP contribution in [-0.2, 0) is 12.1 Å². The molecule has 0 saturated carbocycles. The molecule has 3 N–H and O–H groups in total. The Balaban J connectivity index is 1.78. The van der Waals surface area contributed by atoms with Crippen LogP contribution in [0.4, 0.5) is 0 Å². The maximum absolute atomic E-state index is 9.68. The largest absolute Gasteiger partial charge is 0.391 e. The van der Waals surface area contributed by atoms with E-state index in [0.29, 0.717) is 12.5 Å². The number of aliphatic hydroxyl groups is 1. The van der Waals surface area contributed by atoms with Gasteiger partial charge in [-0.25, -0.2) is 0 Å². The normalized spacial score (nSPS) is 24.7. The molecule has 0 bridgehead atoms. The molecule has 1 aromatic heterocycles. The average Bonchev–Trinajstić information content (AvgIpc) is 2.88. The predicted molar refractivity (Wildman–Crippen MR) is 71.3 cm³/mol. The van der Waals surface area contributed by atoms with E-state index in [0.717, 1.165) is 19.6 Å². The van der Waals surface area contributed by atoms with E-state index in [1.165, 1.54) is 5.56 Å². The van der Waals surface area contributed by atoms with Crippen molar-refractivity contribution in [2.75, 3.05) is 19.6 Å². The smallest absolute Gasteiger partial charge is 0.0716 e. The zero-order valence-corrected chi connectivity index (χ0v) is 11.5. The SMILES string of the molecule is CC(C)(C)n1cc(CNCC2CNCC2O)cn1. The molecule has 1 aliphatic rings. The van der Waals surface area contributed by atoms with Crippen LogP contribution in [-0.4, -0.2) is 40.6 Å². The molecule has 1 saturated heterocycles. The van der Waals surface area contributed by atoms with E-state index in [1.807, 2.05) is 10.9 Å². The van der Waals surface area contributed by atoms with Crippen LogP contribution < -0.4 is 10.6 Å². The minimum atomic E-state index is -0.213. The molecule has 5 nitrogen and oxygen atoms in total. The Kier molecular flexibility index (Phi) is 4.04. The second-order valence-electron chi connectivity index (χ2n) is 6.08. The van der Waals surface area contributed by atoms with Crippen molar-refractivity contribution in [3.8, 4) is 0 Å². The van der Waals surface area contributed by atoms with E-state index in [2.05, 4.69) is 42.7 Å². The molecule has 18 heavy (non-hydrogen) atoms. The Morgan fingerprint density at radius 3 is 2.83 bits per heavy atom. The van der Waals surface area contributed by atoms with E-state index in [1.54, 1.807) is 0 Å². The first-order chi connectivity index (χ1) is 8.47. The summed E-state index contributed by atoms with van der Waals surface area (Å²) in [5, 5.41) is 20.6. The van der Waals surface area contributed by atoms with E-state index < -0.39 is 0 Å². The van der Waals surface area contributed by atoms with E-state index >= 15 is 0 Å². The van der Waals surface area contributed by atoms with Crippen LogP contribution in [0.3, 0.4) is 0 Å². The second kappa shape index (κ2) is 5.38. The molecule has 2 atom stereocenters. The van der Waals surface area contributed by atoms with Crippen LogP contribution in [0.2, 0.25) is 0 Å². The zero-order chi connectivity index (χ0) is 13.2. The van der Waals surface area contributed by atoms with Crippen molar-refractivity contribution in [3.63, 3.8) is 0 Å². The summed E-state index contributed by atoms with van der Waals surface area (Å²) in [6.07, 6.45) is 3.77. The summed E-state index contributed by atoms with van der Waals surface area (Å²) in [6, 6.07) is 0. The third-order valence-corrected chi connectivity index (χ3v) is 3.36. The summed E-state index contributed by atoms with van der Waals surface area (Å²) >= 11 is 0. The van der Waals surface area contributed by atoms with Gasteiger partial charge < -0.3 is 15.7 Å². The highest BCUT2D eigenvalue weighted by Crippen LogP contribution is 2.13. The Labute approximate surface area is 109 Å². The highest BCUT2D eigenvalue weighted by Gasteiger charge is 2.24. The minimum absolute atomic E-state index is 0.0316.